The van der Waals surface area contributed by atoms with Gasteiger partial charge in [-0.2, -0.15) is 0 Å². The molecule has 6 heteroatoms. The fourth-order valence-electron chi connectivity index (χ4n) is 3.65. The Morgan fingerprint density at radius 2 is 1.42 bits per heavy atom. The van der Waals surface area contributed by atoms with Gasteiger partial charge in [0.25, 0.3) is 0 Å². The number of aromatic nitrogens is 4. The molecule has 0 fully saturated rings. The van der Waals surface area contributed by atoms with E-state index in [1.165, 1.54) is 0 Å². The van der Waals surface area contributed by atoms with Crippen molar-refractivity contribution in [3.63, 3.8) is 0 Å². The molecule has 0 saturated heterocycles. The van der Waals surface area contributed by atoms with Crippen LogP contribution in [0.15, 0.2) is 67.0 Å². The van der Waals surface area contributed by atoms with Gasteiger partial charge in [0.1, 0.15) is 11.4 Å². The maximum atomic E-state index is 10.7. The van der Waals surface area contributed by atoms with Crippen LogP contribution < -0.4 is 0 Å². The number of pyridine rings is 2. The van der Waals surface area contributed by atoms with E-state index >= 15 is 0 Å². The van der Waals surface area contributed by atoms with Crippen LogP contribution in [0.2, 0.25) is 0 Å². The first-order valence-corrected chi connectivity index (χ1v) is 10.6. The quantitative estimate of drug-likeness (QED) is 0.374. The first kappa shape index (κ1) is 20.6. The Morgan fingerprint density at radius 3 is 2.06 bits per heavy atom. The summed E-state index contributed by atoms with van der Waals surface area (Å²) in [6, 6.07) is 17.6. The number of benzene rings is 1. The number of hydrogen-bond donors (Lipinski definition) is 1. The van der Waals surface area contributed by atoms with Crippen molar-refractivity contribution in [3.05, 3.63) is 72.6 Å². The van der Waals surface area contributed by atoms with E-state index in [2.05, 4.69) is 16.0 Å². The summed E-state index contributed by atoms with van der Waals surface area (Å²) in [6.07, 6.45) is 8.26. The molecule has 156 valence electrons. The fraction of sp³-hybridized carbons (Fsp3) is 0.240. The molecule has 3 heterocycles. The number of rotatable bonds is 9. The van der Waals surface area contributed by atoms with E-state index in [4.69, 9.17) is 15.1 Å². The van der Waals surface area contributed by atoms with Crippen molar-refractivity contribution in [2.75, 3.05) is 0 Å². The molecule has 0 spiro atoms. The predicted molar refractivity (Wildman–Crippen MR) is 120 cm³/mol. The lowest BCUT2D eigenvalue weighted by atomic mass is 10.0. The minimum absolute atomic E-state index is 0.240. The molecule has 0 radical (unpaired) electrons. The normalized spacial score (nSPS) is 11.0. The molecule has 6 nitrogen and oxygen atoms in total. The SMILES string of the molecule is O=C(O)CCCCCCc1cccc2nc(-c3ccccn3)c(-c3ccccn3)nc12. The minimum atomic E-state index is -0.727. The highest BCUT2D eigenvalue weighted by molar-refractivity contribution is 5.86. The molecular weight excluding hydrogens is 388 g/mol. The van der Waals surface area contributed by atoms with Crippen molar-refractivity contribution in [2.45, 2.75) is 38.5 Å². The van der Waals surface area contributed by atoms with Crippen LogP contribution in [0.4, 0.5) is 0 Å². The summed E-state index contributed by atoms with van der Waals surface area (Å²) in [5, 5.41) is 8.77. The van der Waals surface area contributed by atoms with Gasteiger partial charge >= 0.3 is 5.97 Å². The highest BCUT2D eigenvalue weighted by Crippen LogP contribution is 2.30. The summed E-state index contributed by atoms with van der Waals surface area (Å²) in [5.41, 5.74) is 5.84. The van der Waals surface area contributed by atoms with Crippen molar-refractivity contribution in [2.24, 2.45) is 0 Å². The van der Waals surface area contributed by atoms with Crippen molar-refractivity contribution in [1.29, 1.82) is 0 Å². The van der Waals surface area contributed by atoms with Crippen LogP contribution in [0, 0.1) is 0 Å². The molecule has 0 unspecified atom stereocenters. The summed E-state index contributed by atoms with van der Waals surface area (Å²) in [7, 11) is 0. The number of para-hydroxylation sites is 1. The highest BCUT2D eigenvalue weighted by atomic mass is 16.4. The van der Waals surface area contributed by atoms with E-state index in [0.29, 0.717) is 0 Å². The summed E-state index contributed by atoms with van der Waals surface area (Å²) in [4.78, 5) is 29.6. The molecule has 0 aliphatic carbocycles. The maximum absolute atomic E-state index is 10.7. The third kappa shape index (κ3) is 5.09. The third-order valence-electron chi connectivity index (χ3n) is 5.18. The largest absolute Gasteiger partial charge is 0.481 e. The number of aliphatic carboxylic acids is 1. The summed E-state index contributed by atoms with van der Waals surface area (Å²) in [6.45, 7) is 0. The lowest BCUT2D eigenvalue weighted by molar-refractivity contribution is -0.137. The smallest absolute Gasteiger partial charge is 0.303 e. The number of hydrogen-bond acceptors (Lipinski definition) is 5. The number of aryl methyl sites for hydroxylation is 1. The highest BCUT2D eigenvalue weighted by Gasteiger charge is 2.16. The molecule has 4 aromatic rings. The Bertz CT molecular complexity index is 1160. The molecular formula is C25H24N4O2. The second-order valence-corrected chi connectivity index (χ2v) is 7.44. The van der Waals surface area contributed by atoms with Gasteiger partial charge in [-0.25, -0.2) is 9.97 Å². The van der Waals surface area contributed by atoms with E-state index in [9.17, 15) is 4.79 Å². The average molecular weight is 412 g/mol. The lowest BCUT2D eigenvalue weighted by Gasteiger charge is -2.12. The van der Waals surface area contributed by atoms with Gasteiger partial charge in [-0.05, 0) is 55.2 Å². The van der Waals surface area contributed by atoms with Crippen molar-refractivity contribution in [3.8, 4) is 22.8 Å². The second kappa shape index (κ2) is 9.89. The Balaban J connectivity index is 1.67. The molecule has 0 amide bonds. The minimum Gasteiger partial charge on any atom is -0.481 e. The standard InChI is InChI=1S/C25H24N4O2/c30-22(31)15-4-2-1-3-10-18-11-9-14-21-23(18)29-25(20-13-6-8-17-27-20)24(28-21)19-12-5-7-16-26-19/h5-9,11-14,16-17H,1-4,10,15H2,(H,30,31). The summed E-state index contributed by atoms with van der Waals surface area (Å²) < 4.78 is 0. The van der Waals surface area contributed by atoms with E-state index in [1.807, 2.05) is 48.5 Å². The molecule has 31 heavy (non-hydrogen) atoms. The van der Waals surface area contributed by atoms with Crippen molar-refractivity contribution < 1.29 is 9.90 Å². The van der Waals surface area contributed by atoms with Gasteiger partial charge in [0, 0.05) is 18.8 Å². The maximum Gasteiger partial charge on any atom is 0.303 e. The Morgan fingerprint density at radius 1 is 0.742 bits per heavy atom. The van der Waals surface area contributed by atoms with Gasteiger partial charge in [-0.15, -0.1) is 0 Å². The Hall–Kier alpha value is -3.67. The zero-order valence-electron chi connectivity index (χ0n) is 17.2. The predicted octanol–water partition coefficient (Wildman–Crippen LogP) is 5.33. The molecule has 1 N–H and O–H groups in total. The fourth-order valence-corrected chi connectivity index (χ4v) is 3.65. The number of unbranched alkanes of at least 4 members (excludes halogenated alkanes) is 3. The van der Waals surface area contributed by atoms with Crippen LogP contribution in [-0.2, 0) is 11.2 Å². The monoisotopic (exact) mass is 412 g/mol. The van der Waals surface area contributed by atoms with Gasteiger partial charge < -0.3 is 5.11 Å². The first-order chi connectivity index (χ1) is 15.2. The molecule has 0 aliphatic rings. The van der Waals surface area contributed by atoms with E-state index < -0.39 is 5.97 Å². The molecule has 0 bridgehead atoms. The van der Waals surface area contributed by atoms with Gasteiger partial charge in [0.15, 0.2) is 0 Å². The van der Waals surface area contributed by atoms with Crippen LogP contribution in [0.25, 0.3) is 33.8 Å². The molecule has 0 aliphatic heterocycles. The third-order valence-corrected chi connectivity index (χ3v) is 5.18. The zero-order valence-corrected chi connectivity index (χ0v) is 17.2. The molecule has 0 saturated carbocycles. The first-order valence-electron chi connectivity index (χ1n) is 10.6. The van der Waals surface area contributed by atoms with Crippen LogP contribution in [0.5, 0.6) is 0 Å². The Labute approximate surface area is 181 Å². The summed E-state index contributed by atoms with van der Waals surface area (Å²) >= 11 is 0. The van der Waals surface area contributed by atoms with Crippen molar-refractivity contribution >= 4 is 17.0 Å². The van der Waals surface area contributed by atoms with Gasteiger partial charge in [-0.1, -0.05) is 37.1 Å². The molecule has 4 rings (SSSR count). The van der Waals surface area contributed by atoms with Crippen molar-refractivity contribution in [1.82, 2.24) is 19.9 Å². The number of carbonyl (C=O) groups is 1. The van der Waals surface area contributed by atoms with Crippen LogP contribution in [-0.4, -0.2) is 31.0 Å². The van der Waals surface area contributed by atoms with E-state index in [0.717, 1.165) is 71.5 Å². The Kier molecular flexibility index (Phi) is 6.57. The molecule has 3 aromatic heterocycles. The van der Waals surface area contributed by atoms with E-state index in [1.54, 1.807) is 12.4 Å². The van der Waals surface area contributed by atoms with Crippen LogP contribution >= 0.6 is 0 Å². The number of fused-ring (bicyclic) bond motifs is 1. The number of carboxylic acids is 1. The van der Waals surface area contributed by atoms with Crippen LogP contribution in [0.3, 0.4) is 0 Å². The average Bonchev–Trinajstić information content (AvgIpc) is 2.81. The van der Waals surface area contributed by atoms with Gasteiger partial charge in [0.05, 0.1) is 22.4 Å². The molecule has 0 atom stereocenters. The molecule has 1 aromatic carbocycles. The van der Waals surface area contributed by atoms with Gasteiger partial charge in [0.2, 0.25) is 0 Å². The lowest BCUT2D eigenvalue weighted by Crippen LogP contribution is -2.00. The number of nitrogens with zero attached hydrogens (tertiary/aromatic N) is 4. The zero-order chi connectivity index (χ0) is 21.5. The van der Waals surface area contributed by atoms with Crippen LogP contribution in [0.1, 0.15) is 37.7 Å². The second-order valence-electron chi connectivity index (χ2n) is 7.44. The summed E-state index contributed by atoms with van der Waals surface area (Å²) in [5.74, 6) is -0.727. The topological polar surface area (TPSA) is 88.9 Å². The van der Waals surface area contributed by atoms with E-state index in [-0.39, 0.29) is 6.42 Å². The van der Waals surface area contributed by atoms with Gasteiger partial charge in [-0.3, -0.25) is 14.8 Å². The number of carboxylic acid groups (broad SMARTS) is 1.